The van der Waals surface area contributed by atoms with Crippen LogP contribution in [-0.2, 0) is 0 Å². The van der Waals surface area contributed by atoms with Crippen molar-refractivity contribution in [2.45, 2.75) is 25.9 Å². The Labute approximate surface area is 90.8 Å². The summed E-state index contributed by atoms with van der Waals surface area (Å²) in [7, 11) is 2.06. The highest BCUT2D eigenvalue weighted by Gasteiger charge is 2.20. The Morgan fingerprint density at radius 3 is 2.80 bits per heavy atom. The molecule has 80 valence electrons. The third kappa shape index (κ3) is 1.77. The first-order valence-electron chi connectivity index (χ1n) is 5.45. The Morgan fingerprint density at radius 2 is 2.07 bits per heavy atom. The van der Waals surface area contributed by atoms with Crippen LogP contribution in [0.4, 0.5) is 5.69 Å². The van der Waals surface area contributed by atoms with E-state index in [0.717, 1.165) is 24.1 Å². The number of benzene rings is 1. The number of aliphatic hydroxyl groups excluding tert-OH is 1. The van der Waals surface area contributed by atoms with Crippen molar-refractivity contribution in [2.24, 2.45) is 0 Å². The van der Waals surface area contributed by atoms with Gasteiger partial charge in [-0.15, -0.1) is 0 Å². The molecule has 1 N–H and O–H groups in total. The maximum Gasteiger partial charge on any atom is 0.101 e. The molecule has 0 radical (unpaired) electrons. The van der Waals surface area contributed by atoms with E-state index in [0.29, 0.717) is 0 Å². The average Bonchev–Trinajstić information content (AvgIpc) is 2.26. The first kappa shape index (κ1) is 10.2. The van der Waals surface area contributed by atoms with E-state index >= 15 is 0 Å². The Kier molecular flexibility index (Phi) is 2.78. The maximum absolute atomic E-state index is 9.97. The topological polar surface area (TPSA) is 23.5 Å². The molecule has 1 aromatic carbocycles. The van der Waals surface area contributed by atoms with Crippen LogP contribution in [0.5, 0.6) is 0 Å². The standard InChI is InChI=1S/C13H17NO/c1-3-6-10-9-13(15)11-7-4-5-8-12(11)14(10)2/h4-5,7-9,13,15H,3,6H2,1-2H3. The first-order valence-corrected chi connectivity index (χ1v) is 5.45. The van der Waals surface area contributed by atoms with Crippen LogP contribution in [0.2, 0.25) is 0 Å². The fourth-order valence-corrected chi connectivity index (χ4v) is 2.09. The number of para-hydroxylation sites is 1. The van der Waals surface area contributed by atoms with Crippen LogP contribution >= 0.6 is 0 Å². The smallest absolute Gasteiger partial charge is 0.101 e. The molecule has 0 fully saturated rings. The van der Waals surface area contributed by atoms with Crippen molar-refractivity contribution in [3.05, 3.63) is 41.6 Å². The predicted molar refractivity (Wildman–Crippen MR) is 62.8 cm³/mol. The zero-order chi connectivity index (χ0) is 10.8. The van der Waals surface area contributed by atoms with Crippen molar-refractivity contribution in [1.82, 2.24) is 0 Å². The van der Waals surface area contributed by atoms with Crippen molar-refractivity contribution >= 4 is 5.69 Å². The molecule has 2 rings (SSSR count). The van der Waals surface area contributed by atoms with Gasteiger partial charge in [-0.25, -0.2) is 0 Å². The molecule has 0 amide bonds. The molecule has 2 nitrogen and oxygen atoms in total. The molecule has 0 saturated carbocycles. The van der Waals surface area contributed by atoms with Gasteiger partial charge in [0.15, 0.2) is 0 Å². The summed E-state index contributed by atoms with van der Waals surface area (Å²) in [6.07, 6.45) is 3.62. The van der Waals surface area contributed by atoms with E-state index < -0.39 is 6.10 Å². The SMILES string of the molecule is CCCC1=CC(O)c2ccccc2N1C. The molecule has 1 unspecified atom stereocenters. The Morgan fingerprint density at radius 1 is 1.33 bits per heavy atom. The second-order valence-electron chi connectivity index (χ2n) is 3.97. The van der Waals surface area contributed by atoms with E-state index in [1.165, 1.54) is 5.70 Å². The minimum Gasteiger partial charge on any atom is -0.384 e. The Hall–Kier alpha value is -1.28. The monoisotopic (exact) mass is 203 g/mol. The number of hydrogen-bond donors (Lipinski definition) is 1. The number of fused-ring (bicyclic) bond motifs is 1. The second-order valence-corrected chi connectivity index (χ2v) is 3.97. The van der Waals surface area contributed by atoms with Crippen LogP contribution in [0.1, 0.15) is 31.4 Å². The lowest BCUT2D eigenvalue weighted by Crippen LogP contribution is -2.23. The molecular formula is C13H17NO. The molecule has 0 spiro atoms. The summed E-state index contributed by atoms with van der Waals surface area (Å²) >= 11 is 0. The summed E-state index contributed by atoms with van der Waals surface area (Å²) in [6.45, 7) is 2.15. The summed E-state index contributed by atoms with van der Waals surface area (Å²) in [5.74, 6) is 0. The summed E-state index contributed by atoms with van der Waals surface area (Å²) < 4.78 is 0. The van der Waals surface area contributed by atoms with Crippen LogP contribution in [0.15, 0.2) is 36.0 Å². The zero-order valence-corrected chi connectivity index (χ0v) is 9.27. The molecule has 1 atom stereocenters. The lowest BCUT2D eigenvalue weighted by Gasteiger charge is -2.31. The Bertz CT molecular complexity index is 384. The molecule has 0 saturated heterocycles. The van der Waals surface area contributed by atoms with E-state index in [2.05, 4.69) is 24.9 Å². The van der Waals surface area contributed by atoms with Gasteiger partial charge in [0.2, 0.25) is 0 Å². The highest BCUT2D eigenvalue weighted by atomic mass is 16.3. The number of allylic oxidation sites excluding steroid dienone is 1. The molecule has 0 bridgehead atoms. The predicted octanol–water partition coefficient (Wildman–Crippen LogP) is 2.85. The molecule has 0 aliphatic carbocycles. The third-order valence-electron chi connectivity index (χ3n) is 2.90. The average molecular weight is 203 g/mol. The van der Waals surface area contributed by atoms with E-state index in [4.69, 9.17) is 0 Å². The summed E-state index contributed by atoms with van der Waals surface area (Å²) in [4.78, 5) is 2.17. The molecule has 0 aromatic heterocycles. The van der Waals surface area contributed by atoms with Gasteiger partial charge >= 0.3 is 0 Å². The summed E-state index contributed by atoms with van der Waals surface area (Å²) in [6, 6.07) is 8.02. The highest BCUT2D eigenvalue weighted by Crippen LogP contribution is 2.35. The van der Waals surface area contributed by atoms with Crippen LogP contribution in [-0.4, -0.2) is 12.2 Å². The van der Waals surface area contributed by atoms with Gasteiger partial charge in [0.05, 0.1) is 0 Å². The summed E-state index contributed by atoms with van der Waals surface area (Å²) in [5, 5.41) is 9.97. The number of aliphatic hydroxyl groups is 1. The van der Waals surface area contributed by atoms with Gasteiger partial charge in [0.1, 0.15) is 6.10 Å². The van der Waals surface area contributed by atoms with Crippen LogP contribution in [0.3, 0.4) is 0 Å². The van der Waals surface area contributed by atoms with Gasteiger partial charge in [0.25, 0.3) is 0 Å². The minimum absolute atomic E-state index is 0.445. The van der Waals surface area contributed by atoms with E-state index in [1.54, 1.807) is 0 Å². The third-order valence-corrected chi connectivity index (χ3v) is 2.90. The Balaban J connectivity index is 2.39. The largest absolute Gasteiger partial charge is 0.384 e. The number of nitrogens with zero attached hydrogens (tertiary/aromatic N) is 1. The molecule has 1 heterocycles. The van der Waals surface area contributed by atoms with Crippen LogP contribution in [0.25, 0.3) is 0 Å². The van der Waals surface area contributed by atoms with Gasteiger partial charge in [0, 0.05) is 24.0 Å². The van der Waals surface area contributed by atoms with Gasteiger partial charge in [-0.05, 0) is 18.6 Å². The molecule has 1 aliphatic heterocycles. The van der Waals surface area contributed by atoms with Crippen LogP contribution < -0.4 is 4.90 Å². The second kappa shape index (κ2) is 4.07. The molecule has 2 heteroatoms. The quantitative estimate of drug-likeness (QED) is 0.799. The van der Waals surface area contributed by atoms with E-state index in [1.807, 2.05) is 24.3 Å². The number of rotatable bonds is 2. The van der Waals surface area contributed by atoms with Crippen molar-refractivity contribution in [2.75, 3.05) is 11.9 Å². The fraction of sp³-hybridized carbons (Fsp3) is 0.385. The molecule has 1 aromatic rings. The number of anilines is 1. The highest BCUT2D eigenvalue weighted by molar-refractivity contribution is 5.61. The van der Waals surface area contributed by atoms with Crippen LogP contribution in [0, 0.1) is 0 Å². The molecule has 1 aliphatic rings. The van der Waals surface area contributed by atoms with Gasteiger partial charge in [-0.3, -0.25) is 0 Å². The molecular weight excluding hydrogens is 186 g/mol. The van der Waals surface area contributed by atoms with E-state index in [-0.39, 0.29) is 0 Å². The van der Waals surface area contributed by atoms with Crippen molar-refractivity contribution < 1.29 is 5.11 Å². The lowest BCUT2D eigenvalue weighted by atomic mass is 9.99. The fourth-order valence-electron chi connectivity index (χ4n) is 2.09. The number of hydrogen-bond acceptors (Lipinski definition) is 2. The van der Waals surface area contributed by atoms with Gasteiger partial charge in [-0.2, -0.15) is 0 Å². The zero-order valence-electron chi connectivity index (χ0n) is 9.27. The minimum atomic E-state index is -0.445. The molecule has 15 heavy (non-hydrogen) atoms. The van der Waals surface area contributed by atoms with Crippen molar-refractivity contribution in [1.29, 1.82) is 0 Å². The van der Waals surface area contributed by atoms with Gasteiger partial charge < -0.3 is 10.0 Å². The van der Waals surface area contributed by atoms with E-state index in [9.17, 15) is 5.11 Å². The van der Waals surface area contributed by atoms with Gasteiger partial charge in [-0.1, -0.05) is 31.5 Å². The summed E-state index contributed by atoms with van der Waals surface area (Å²) in [5.41, 5.74) is 3.33. The van der Waals surface area contributed by atoms with Crippen molar-refractivity contribution in [3.63, 3.8) is 0 Å². The maximum atomic E-state index is 9.97. The first-order chi connectivity index (χ1) is 7.24. The normalized spacial score (nSPS) is 19.8. The lowest BCUT2D eigenvalue weighted by molar-refractivity contribution is 0.225. The van der Waals surface area contributed by atoms with Crippen molar-refractivity contribution in [3.8, 4) is 0 Å².